The molecular formula is C52H80O4. The molecule has 0 N–H and O–H groups in total. The van der Waals surface area contributed by atoms with Crippen LogP contribution in [0, 0.1) is 0 Å². The molecule has 0 amide bonds. The van der Waals surface area contributed by atoms with E-state index in [1.165, 1.54) is 0 Å². The molecule has 4 heteroatoms. The van der Waals surface area contributed by atoms with E-state index in [0.717, 1.165) is 200 Å². The largest absolute Gasteiger partial charge is 0.464 e. The van der Waals surface area contributed by atoms with Crippen molar-refractivity contribution in [2.24, 2.45) is 0 Å². The van der Waals surface area contributed by atoms with E-state index >= 15 is 0 Å². The first-order valence-electron chi connectivity index (χ1n) is 23.8. The molecule has 4 aromatic rings. The topological polar surface area (TPSA) is 52.6 Å². The zero-order valence-electron chi connectivity index (χ0n) is 37.2. The Kier molecular flexibility index (Phi) is 16.3. The summed E-state index contributed by atoms with van der Waals surface area (Å²) in [4.78, 5) is 0. The van der Waals surface area contributed by atoms with Crippen LogP contribution in [-0.2, 0) is 21.7 Å². The number of fused-ring (bicyclic) bond motifs is 8. The lowest BCUT2D eigenvalue weighted by Crippen LogP contribution is -2.30. The Morgan fingerprint density at radius 3 is 0.482 bits per heavy atom. The highest BCUT2D eigenvalue weighted by atomic mass is 16.4. The van der Waals surface area contributed by atoms with Gasteiger partial charge in [-0.15, -0.1) is 0 Å². The Hall–Kier alpha value is -2.88. The highest BCUT2D eigenvalue weighted by Crippen LogP contribution is 2.53. The van der Waals surface area contributed by atoms with Gasteiger partial charge in [0, 0.05) is 0 Å². The monoisotopic (exact) mass is 769 g/mol. The Balaban J connectivity index is 1.91. The zero-order valence-corrected chi connectivity index (χ0v) is 37.2. The maximum absolute atomic E-state index is 7.49. The molecule has 8 bridgehead atoms. The van der Waals surface area contributed by atoms with Crippen LogP contribution in [0.3, 0.4) is 0 Å². The Morgan fingerprint density at radius 1 is 0.250 bits per heavy atom. The first kappa shape index (κ1) is 44.2. The lowest BCUT2D eigenvalue weighted by Gasteiger charge is -2.35. The van der Waals surface area contributed by atoms with Crippen molar-refractivity contribution in [1.29, 1.82) is 0 Å². The normalized spacial score (nSPS) is 16.7. The van der Waals surface area contributed by atoms with Crippen molar-refractivity contribution in [1.82, 2.24) is 0 Å². The van der Waals surface area contributed by atoms with Crippen molar-refractivity contribution in [3.8, 4) is 0 Å². The van der Waals surface area contributed by atoms with Crippen LogP contribution in [-0.4, -0.2) is 0 Å². The SMILES string of the molecule is CCCCC1(CCCC)c2ccc(o2)C(CCCC)(CCCC)c2ccc(o2)C(CCCC)(CCCC)c2ccc(o2)C(CCCC)(CCCC)c2ccc1o2. The summed E-state index contributed by atoms with van der Waals surface area (Å²) >= 11 is 0. The molecule has 0 aromatic carbocycles. The smallest absolute Gasteiger partial charge is 0.117 e. The third kappa shape index (κ3) is 8.75. The Bertz CT molecular complexity index is 1330. The van der Waals surface area contributed by atoms with E-state index in [9.17, 15) is 0 Å². The third-order valence-corrected chi connectivity index (χ3v) is 13.9. The first-order valence-corrected chi connectivity index (χ1v) is 23.8. The fourth-order valence-corrected chi connectivity index (χ4v) is 10.2. The molecule has 1 aliphatic heterocycles. The Morgan fingerprint density at radius 2 is 0.375 bits per heavy atom. The van der Waals surface area contributed by atoms with E-state index in [1.807, 2.05) is 0 Å². The van der Waals surface area contributed by atoms with E-state index in [-0.39, 0.29) is 21.7 Å². The van der Waals surface area contributed by atoms with Gasteiger partial charge in [0.25, 0.3) is 0 Å². The summed E-state index contributed by atoms with van der Waals surface area (Å²) in [6, 6.07) is 18.7. The highest BCUT2D eigenvalue weighted by Gasteiger charge is 2.48. The minimum Gasteiger partial charge on any atom is -0.464 e. The van der Waals surface area contributed by atoms with Crippen molar-refractivity contribution in [3.63, 3.8) is 0 Å². The molecule has 0 saturated carbocycles. The molecule has 5 rings (SSSR count). The van der Waals surface area contributed by atoms with Gasteiger partial charge in [0.2, 0.25) is 0 Å². The summed E-state index contributed by atoms with van der Waals surface area (Å²) in [5, 5.41) is 0. The van der Waals surface area contributed by atoms with Crippen molar-refractivity contribution in [2.75, 3.05) is 0 Å². The van der Waals surface area contributed by atoms with E-state index in [4.69, 9.17) is 17.7 Å². The predicted molar refractivity (Wildman–Crippen MR) is 234 cm³/mol. The van der Waals surface area contributed by atoms with Crippen LogP contribution in [0.15, 0.2) is 66.2 Å². The quantitative estimate of drug-likeness (QED) is 0.0712. The second-order valence-electron chi connectivity index (χ2n) is 17.8. The van der Waals surface area contributed by atoms with E-state index < -0.39 is 0 Å². The van der Waals surface area contributed by atoms with E-state index in [0.29, 0.717) is 0 Å². The molecule has 0 aliphatic carbocycles. The molecule has 56 heavy (non-hydrogen) atoms. The number of hydrogen-bond donors (Lipinski definition) is 0. The van der Waals surface area contributed by atoms with Gasteiger partial charge in [-0.2, -0.15) is 0 Å². The molecular weight excluding hydrogens is 689 g/mol. The molecule has 5 heterocycles. The summed E-state index contributed by atoms with van der Waals surface area (Å²) < 4.78 is 30.0. The molecule has 0 atom stereocenters. The summed E-state index contributed by atoms with van der Waals surface area (Å²) in [6.07, 6.45) is 26.0. The summed E-state index contributed by atoms with van der Waals surface area (Å²) in [6.45, 7) is 18.5. The summed E-state index contributed by atoms with van der Waals surface area (Å²) in [7, 11) is 0. The molecule has 0 radical (unpaired) electrons. The Labute approximate surface area is 342 Å². The van der Waals surface area contributed by atoms with Crippen LogP contribution in [0.1, 0.15) is 256 Å². The van der Waals surface area contributed by atoms with Gasteiger partial charge in [-0.1, -0.05) is 158 Å². The molecule has 0 saturated heterocycles. The molecule has 4 aromatic heterocycles. The minimum atomic E-state index is -0.347. The van der Waals surface area contributed by atoms with Gasteiger partial charge in [0.05, 0.1) is 21.7 Å². The van der Waals surface area contributed by atoms with Crippen LogP contribution in [0.2, 0.25) is 0 Å². The van der Waals surface area contributed by atoms with Gasteiger partial charge in [0.15, 0.2) is 0 Å². The lowest BCUT2D eigenvalue weighted by molar-refractivity contribution is 0.200. The average Bonchev–Trinajstić information content (AvgIpc) is 4.07. The molecule has 0 spiro atoms. The maximum Gasteiger partial charge on any atom is 0.117 e. The third-order valence-electron chi connectivity index (χ3n) is 13.9. The molecule has 0 unspecified atom stereocenters. The van der Waals surface area contributed by atoms with Crippen LogP contribution in [0.25, 0.3) is 0 Å². The van der Waals surface area contributed by atoms with E-state index in [1.54, 1.807) is 0 Å². The van der Waals surface area contributed by atoms with Gasteiger partial charge >= 0.3 is 0 Å². The predicted octanol–water partition coefficient (Wildman–Crippen LogP) is 17.0. The second-order valence-corrected chi connectivity index (χ2v) is 17.8. The van der Waals surface area contributed by atoms with Crippen molar-refractivity contribution in [3.05, 3.63) is 94.6 Å². The average molecular weight is 769 g/mol. The van der Waals surface area contributed by atoms with Gasteiger partial charge in [-0.25, -0.2) is 0 Å². The van der Waals surface area contributed by atoms with Crippen molar-refractivity contribution >= 4 is 0 Å². The number of unbranched alkanes of at least 4 members (excludes halogenated alkanes) is 8. The van der Waals surface area contributed by atoms with Gasteiger partial charge in [0.1, 0.15) is 46.1 Å². The second kappa shape index (κ2) is 20.7. The van der Waals surface area contributed by atoms with Crippen LogP contribution >= 0.6 is 0 Å². The van der Waals surface area contributed by atoms with E-state index in [2.05, 4.69) is 104 Å². The first-order chi connectivity index (χ1) is 27.3. The number of hydrogen-bond acceptors (Lipinski definition) is 4. The van der Waals surface area contributed by atoms with Gasteiger partial charge in [-0.05, 0) is 99.9 Å². The van der Waals surface area contributed by atoms with Crippen molar-refractivity contribution in [2.45, 2.75) is 231 Å². The van der Waals surface area contributed by atoms with Gasteiger partial charge in [-0.3, -0.25) is 0 Å². The fourth-order valence-electron chi connectivity index (χ4n) is 10.2. The highest BCUT2D eigenvalue weighted by molar-refractivity contribution is 5.41. The minimum absolute atomic E-state index is 0.347. The van der Waals surface area contributed by atoms with Crippen LogP contribution < -0.4 is 0 Å². The number of furan rings is 4. The van der Waals surface area contributed by atoms with Crippen LogP contribution in [0.5, 0.6) is 0 Å². The summed E-state index contributed by atoms with van der Waals surface area (Å²) in [5.41, 5.74) is -1.39. The summed E-state index contributed by atoms with van der Waals surface area (Å²) in [5.74, 6) is 8.55. The molecule has 4 nitrogen and oxygen atoms in total. The standard InChI is InChI=1S/C52H80O4/c1-9-17-33-49(34-18-10-2)41-25-27-43(53-41)50(35-19-11-3,36-20-12-4)45-29-31-47(55-45)52(39-23-15-7,40-24-16-8)48-32-30-46(56-48)51(37-21-13-5,38-22-14-6)44-28-26-42(49)54-44/h25-32H,9-24,33-40H2,1-8H3. The number of rotatable bonds is 24. The lowest BCUT2D eigenvalue weighted by atomic mass is 9.74. The van der Waals surface area contributed by atoms with Gasteiger partial charge < -0.3 is 17.7 Å². The molecule has 1 aliphatic rings. The molecule has 0 fully saturated rings. The van der Waals surface area contributed by atoms with Crippen LogP contribution in [0.4, 0.5) is 0 Å². The van der Waals surface area contributed by atoms with Crippen molar-refractivity contribution < 1.29 is 17.7 Å². The maximum atomic E-state index is 7.49. The zero-order chi connectivity index (χ0) is 40.1. The molecule has 312 valence electrons. The fraction of sp³-hybridized carbons (Fsp3) is 0.692.